The van der Waals surface area contributed by atoms with Crippen molar-refractivity contribution in [2.75, 3.05) is 18.6 Å². The Balaban J connectivity index is 1.63. The molecule has 0 aromatic heterocycles. The van der Waals surface area contributed by atoms with Gasteiger partial charge in [0.05, 0.1) is 13.5 Å². The zero-order chi connectivity index (χ0) is 19.8. The molecule has 1 unspecified atom stereocenters. The Morgan fingerprint density at radius 1 is 0.931 bits per heavy atom. The summed E-state index contributed by atoms with van der Waals surface area (Å²) >= 11 is 0. The molecule has 2 aliphatic heterocycles. The molecule has 0 fully saturated rings. The van der Waals surface area contributed by atoms with Crippen LogP contribution >= 0.6 is 0 Å². The van der Waals surface area contributed by atoms with Crippen LogP contribution in [0, 0.1) is 0 Å². The highest BCUT2D eigenvalue weighted by Crippen LogP contribution is 2.39. The predicted octanol–water partition coefficient (Wildman–Crippen LogP) is 3.92. The van der Waals surface area contributed by atoms with E-state index in [0.29, 0.717) is 13.1 Å². The van der Waals surface area contributed by atoms with Crippen molar-refractivity contribution in [3.8, 4) is 5.75 Å². The summed E-state index contributed by atoms with van der Waals surface area (Å²) in [7, 11) is 1.66. The van der Waals surface area contributed by atoms with Crippen molar-refractivity contribution >= 4 is 11.5 Å². The Morgan fingerprint density at radius 2 is 1.66 bits per heavy atom. The molecule has 1 atom stereocenters. The number of aryl methyl sites for hydroxylation is 1. The van der Waals surface area contributed by atoms with Crippen LogP contribution in [0.25, 0.3) is 0 Å². The predicted molar refractivity (Wildman–Crippen MR) is 114 cm³/mol. The van der Waals surface area contributed by atoms with Crippen LogP contribution in [0.5, 0.6) is 5.75 Å². The number of nitrogens with zero attached hydrogens (tertiary/aromatic N) is 2. The molecular weight excluding hydrogens is 360 g/mol. The van der Waals surface area contributed by atoms with Crippen LogP contribution in [0.3, 0.4) is 0 Å². The normalized spacial score (nSPS) is 20.4. The fraction of sp³-hybridized carbons (Fsp3) is 0.240. The van der Waals surface area contributed by atoms with Crippen molar-refractivity contribution in [1.82, 2.24) is 0 Å². The number of anilines is 1. The minimum absolute atomic E-state index is 0.512. The van der Waals surface area contributed by atoms with E-state index in [4.69, 9.17) is 4.74 Å². The van der Waals surface area contributed by atoms with Gasteiger partial charge in [0.2, 0.25) is 0 Å². The summed E-state index contributed by atoms with van der Waals surface area (Å²) in [5.74, 6) is 1.98. The van der Waals surface area contributed by atoms with Crippen LogP contribution < -0.4 is 9.64 Å². The summed E-state index contributed by atoms with van der Waals surface area (Å²) < 4.78 is 7.50. The monoisotopic (exact) mass is 385 g/mol. The highest BCUT2D eigenvalue weighted by atomic mass is 16.5. The van der Waals surface area contributed by atoms with Crippen molar-refractivity contribution in [1.29, 1.82) is 0 Å². The van der Waals surface area contributed by atoms with E-state index in [9.17, 15) is 5.11 Å². The quantitative estimate of drug-likeness (QED) is 0.692. The van der Waals surface area contributed by atoms with E-state index in [1.807, 2.05) is 30.3 Å². The molecule has 29 heavy (non-hydrogen) atoms. The van der Waals surface area contributed by atoms with Crippen LogP contribution in [0.2, 0.25) is 0 Å². The van der Waals surface area contributed by atoms with E-state index in [-0.39, 0.29) is 0 Å². The van der Waals surface area contributed by atoms with Gasteiger partial charge in [0.15, 0.2) is 6.54 Å². The molecule has 3 aromatic rings. The number of para-hydroxylation sites is 1. The minimum Gasteiger partial charge on any atom is -0.497 e. The van der Waals surface area contributed by atoms with Gasteiger partial charge in [0, 0.05) is 5.56 Å². The summed E-state index contributed by atoms with van der Waals surface area (Å²) in [6.45, 7) is 1.18. The van der Waals surface area contributed by atoms with Crippen LogP contribution in [-0.2, 0) is 18.7 Å². The topological polar surface area (TPSA) is 35.7 Å². The van der Waals surface area contributed by atoms with Gasteiger partial charge < -0.3 is 9.84 Å². The zero-order valence-electron chi connectivity index (χ0n) is 16.6. The van der Waals surface area contributed by atoms with E-state index >= 15 is 0 Å². The third kappa shape index (κ3) is 3.00. The summed E-state index contributed by atoms with van der Waals surface area (Å²) in [6.07, 6.45) is 1.91. The van der Waals surface area contributed by atoms with Gasteiger partial charge in [-0.2, -0.15) is 0 Å². The van der Waals surface area contributed by atoms with Gasteiger partial charge in [-0.1, -0.05) is 48.5 Å². The lowest BCUT2D eigenvalue weighted by Crippen LogP contribution is -2.40. The first kappa shape index (κ1) is 18.0. The summed E-state index contributed by atoms with van der Waals surface area (Å²) in [5.41, 5.74) is 3.52. The van der Waals surface area contributed by atoms with Gasteiger partial charge in [-0.05, 0) is 47.9 Å². The first-order valence-electron chi connectivity index (χ1n) is 10.1. The van der Waals surface area contributed by atoms with Gasteiger partial charge in [-0.25, -0.2) is 9.48 Å². The molecule has 2 heterocycles. The third-order valence-corrected chi connectivity index (χ3v) is 6.08. The lowest BCUT2D eigenvalue weighted by Gasteiger charge is -2.24. The molecule has 1 N–H and O–H groups in total. The molecule has 4 nitrogen and oxygen atoms in total. The van der Waals surface area contributed by atoms with Gasteiger partial charge in [0.1, 0.15) is 18.0 Å². The average Bonchev–Trinajstić information content (AvgIpc) is 3.07. The lowest BCUT2D eigenvalue weighted by molar-refractivity contribution is -0.671. The van der Waals surface area contributed by atoms with E-state index < -0.39 is 5.72 Å². The highest BCUT2D eigenvalue weighted by molar-refractivity contribution is 5.98. The first-order chi connectivity index (χ1) is 14.2. The van der Waals surface area contributed by atoms with Crippen molar-refractivity contribution in [2.24, 2.45) is 0 Å². The minimum atomic E-state index is -1.10. The molecule has 3 aromatic carbocycles. The molecular formula is C25H25N2O2+. The van der Waals surface area contributed by atoms with Gasteiger partial charge in [-0.15, -0.1) is 0 Å². The van der Waals surface area contributed by atoms with Crippen LogP contribution in [0.4, 0.5) is 5.69 Å². The number of amidine groups is 1. The van der Waals surface area contributed by atoms with E-state index in [1.165, 1.54) is 22.6 Å². The number of rotatable bonds is 4. The standard InChI is InChI=1S/C25H25N2O2/c1-29-22-14-12-21(13-15-22)25(28)18-26-23-10-6-5-9-20(23)11-16-24(26)27(25)17-19-7-3-2-4-8-19/h2-10,12-15,28H,11,16-18H2,1H3/q+1. The van der Waals surface area contributed by atoms with Crippen LogP contribution in [0.15, 0.2) is 78.9 Å². The Hall–Kier alpha value is -3.11. The number of hydrogen-bond acceptors (Lipinski definition) is 3. The molecule has 4 heteroatoms. The number of fused-ring (bicyclic) bond motifs is 3. The number of benzene rings is 3. The molecule has 146 valence electrons. The summed E-state index contributed by atoms with van der Waals surface area (Å²) in [4.78, 5) is 2.30. The second-order valence-electron chi connectivity index (χ2n) is 7.75. The maximum atomic E-state index is 12.0. The molecule has 0 bridgehead atoms. The number of hydrogen-bond donors (Lipinski definition) is 1. The fourth-order valence-electron chi connectivity index (χ4n) is 4.58. The number of aliphatic hydroxyl groups is 1. The third-order valence-electron chi connectivity index (χ3n) is 6.08. The SMILES string of the molecule is COc1ccc(C2(O)CN3C(=[N+]2Cc2ccccc2)CCc2ccccc23)cc1. The van der Waals surface area contributed by atoms with Crippen LogP contribution in [-0.4, -0.2) is 29.2 Å². The van der Waals surface area contributed by atoms with Gasteiger partial charge in [-0.3, -0.25) is 0 Å². The maximum absolute atomic E-state index is 12.0. The molecule has 2 aliphatic rings. The summed E-state index contributed by atoms with van der Waals surface area (Å²) in [6, 6.07) is 26.7. The van der Waals surface area contributed by atoms with E-state index in [0.717, 1.165) is 24.2 Å². The van der Waals surface area contributed by atoms with E-state index in [1.54, 1.807) is 7.11 Å². The van der Waals surface area contributed by atoms with Gasteiger partial charge >= 0.3 is 0 Å². The van der Waals surface area contributed by atoms with Gasteiger partial charge in [0.25, 0.3) is 11.6 Å². The Kier molecular flexibility index (Phi) is 4.36. The average molecular weight is 385 g/mol. The molecule has 0 spiro atoms. The fourth-order valence-corrected chi connectivity index (χ4v) is 4.58. The van der Waals surface area contributed by atoms with E-state index in [2.05, 4.69) is 58.0 Å². The van der Waals surface area contributed by atoms with Crippen molar-refractivity contribution in [3.63, 3.8) is 0 Å². The molecule has 0 amide bonds. The number of methoxy groups -OCH3 is 1. The number of ether oxygens (including phenoxy) is 1. The second-order valence-corrected chi connectivity index (χ2v) is 7.75. The zero-order valence-corrected chi connectivity index (χ0v) is 16.6. The first-order valence-corrected chi connectivity index (χ1v) is 10.1. The molecule has 0 saturated heterocycles. The van der Waals surface area contributed by atoms with Crippen molar-refractivity contribution < 1.29 is 14.4 Å². The Bertz CT molecular complexity index is 1060. The molecule has 0 aliphatic carbocycles. The van der Waals surface area contributed by atoms with Crippen molar-refractivity contribution in [2.45, 2.75) is 25.1 Å². The highest BCUT2D eigenvalue weighted by Gasteiger charge is 2.53. The molecule has 0 radical (unpaired) electrons. The smallest absolute Gasteiger partial charge is 0.271 e. The largest absolute Gasteiger partial charge is 0.497 e. The molecule has 5 rings (SSSR count). The van der Waals surface area contributed by atoms with Crippen LogP contribution in [0.1, 0.15) is 23.1 Å². The second kappa shape index (κ2) is 7.05. The lowest BCUT2D eigenvalue weighted by atomic mass is 10.00. The van der Waals surface area contributed by atoms with Crippen molar-refractivity contribution in [3.05, 3.63) is 95.6 Å². The Labute approximate surface area is 171 Å². The summed E-state index contributed by atoms with van der Waals surface area (Å²) in [5, 5.41) is 12.0. The maximum Gasteiger partial charge on any atom is 0.271 e. The Morgan fingerprint density at radius 3 is 2.41 bits per heavy atom. The molecule has 0 saturated carbocycles.